The van der Waals surface area contributed by atoms with E-state index in [1.54, 1.807) is 17.7 Å². The van der Waals surface area contributed by atoms with Crippen molar-refractivity contribution in [1.29, 1.82) is 0 Å². The van der Waals surface area contributed by atoms with Crippen molar-refractivity contribution < 1.29 is 4.74 Å². The minimum absolute atomic E-state index is 0.746. The van der Waals surface area contributed by atoms with Gasteiger partial charge in [-0.25, -0.2) is 15.0 Å². The highest BCUT2D eigenvalue weighted by molar-refractivity contribution is 7.17. The Morgan fingerprint density at radius 1 is 1.09 bits per heavy atom. The number of rotatable bonds is 3. The molecule has 1 N–H and O–H groups in total. The first-order valence-corrected chi connectivity index (χ1v) is 8.17. The molecule has 0 bridgehead atoms. The fourth-order valence-electron chi connectivity index (χ4n) is 2.61. The van der Waals surface area contributed by atoms with E-state index in [0.29, 0.717) is 0 Å². The molecule has 1 saturated heterocycles. The minimum Gasteiger partial charge on any atom is -0.379 e. The third kappa shape index (κ3) is 2.56. The van der Waals surface area contributed by atoms with Crippen LogP contribution in [0, 0.1) is 0 Å². The average Bonchev–Trinajstić information content (AvgIpc) is 3.02. The highest BCUT2D eigenvalue weighted by Gasteiger charge is 2.16. The first-order chi connectivity index (χ1) is 10.9. The number of hydrogen-bond acceptors (Lipinski definition) is 6. The standard InChI is InChI=1S/C16H16N4OS/c1-2-4-12(5-3-1)13-10-22-16-14(13)15(17-11-18-16)19-20-6-8-21-9-7-20/h1-5,10-11H,6-9H2,(H,17,18,19). The van der Waals surface area contributed by atoms with Crippen LogP contribution in [-0.4, -0.2) is 41.3 Å². The van der Waals surface area contributed by atoms with E-state index >= 15 is 0 Å². The topological polar surface area (TPSA) is 50.3 Å². The number of nitrogens with zero attached hydrogens (tertiary/aromatic N) is 3. The second kappa shape index (κ2) is 6.00. The van der Waals surface area contributed by atoms with Crippen LogP contribution in [0.4, 0.5) is 5.82 Å². The molecule has 1 aromatic carbocycles. The molecule has 0 radical (unpaired) electrons. The predicted molar refractivity (Wildman–Crippen MR) is 88.9 cm³/mol. The molecule has 6 heteroatoms. The molecule has 112 valence electrons. The SMILES string of the molecule is c1ccc(-c2csc3ncnc(NN4CCOCC4)c23)cc1. The summed E-state index contributed by atoms with van der Waals surface area (Å²) in [6.45, 7) is 3.21. The molecule has 1 aliphatic heterocycles. The zero-order valence-corrected chi connectivity index (χ0v) is 12.8. The number of aromatic nitrogens is 2. The molecule has 3 heterocycles. The molecule has 3 aromatic rings. The van der Waals surface area contributed by atoms with Crippen LogP contribution >= 0.6 is 11.3 Å². The van der Waals surface area contributed by atoms with Crippen molar-refractivity contribution in [2.24, 2.45) is 0 Å². The predicted octanol–water partition coefficient (Wildman–Crippen LogP) is 3.02. The lowest BCUT2D eigenvalue weighted by molar-refractivity contribution is 0.0495. The molecule has 22 heavy (non-hydrogen) atoms. The number of hydrogen-bond donors (Lipinski definition) is 1. The Hall–Kier alpha value is -2.02. The molecule has 5 nitrogen and oxygen atoms in total. The number of ether oxygens (including phenoxy) is 1. The Bertz CT molecular complexity index is 768. The zero-order chi connectivity index (χ0) is 14.8. The summed E-state index contributed by atoms with van der Waals surface area (Å²) in [5.41, 5.74) is 5.80. The van der Waals surface area contributed by atoms with Crippen LogP contribution < -0.4 is 5.43 Å². The maximum absolute atomic E-state index is 5.39. The van der Waals surface area contributed by atoms with Crippen molar-refractivity contribution in [2.45, 2.75) is 0 Å². The van der Waals surface area contributed by atoms with E-state index in [0.717, 1.165) is 42.3 Å². The van der Waals surface area contributed by atoms with Crippen molar-refractivity contribution in [3.8, 4) is 11.1 Å². The van der Waals surface area contributed by atoms with Gasteiger partial charge in [0.05, 0.1) is 18.6 Å². The summed E-state index contributed by atoms with van der Waals surface area (Å²) in [6, 6.07) is 10.4. The number of anilines is 1. The first-order valence-electron chi connectivity index (χ1n) is 7.29. The monoisotopic (exact) mass is 312 g/mol. The lowest BCUT2D eigenvalue weighted by Crippen LogP contribution is -2.40. The van der Waals surface area contributed by atoms with Crippen molar-refractivity contribution in [1.82, 2.24) is 15.0 Å². The van der Waals surface area contributed by atoms with Crippen LogP contribution in [0.2, 0.25) is 0 Å². The normalized spacial score (nSPS) is 16.0. The summed E-state index contributed by atoms with van der Waals surface area (Å²) < 4.78 is 5.39. The fraction of sp³-hybridized carbons (Fsp3) is 0.250. The Labute approximate surface area is 132 Å². The van der Waals surface area contributed by atoms with Gasteiger partial charge in [-0.05, 0) is 5.56 Å². The van der Waals surface area contributed by atoms with E-state index in [1.165, 1.54) is 11.1 Å². The van der Waals surface area contributed by atoms with Gasteiger partial charge >= 0.3 is 0 Å². The Morgan fingerprint density at radius 2 is 1.91 bits per heavy atom. The van der Waals surface area contributed by atoms with Gasteiger partial charge in [-0.1, -0.05) is 30.3 Å². The lowest BCUT2D eigenvalue weighted by Gasteiger charge is -2.27. The van der Waals surface area contributed by atoms with Gasteiger partial charge in [0, 0.05) is 24.0 Å². The van der Waals surface area contributed by atoms with Crippen LogP contribution in [0.5, 0.6) is 0 Å². The summed E-state index contributed by atoms with van der Waals surface area (Å²) in [5.74, 6) is 0.868. The van der Waals surface area contributed by atoms with Crippen LogP contribution in [0.3, 0.4) is 0 Å². The van der Waals surface area contributed by atoms with E-state index < -0.39 is 0 Å². The van der Waals surface area contributed by atoms with Crippen molar-refractivity contribution >= 4 is 27.4 Å². The Morgan fingerprint density at radius 3 is 2.73 bits per heavy atom. The van der Waals surface area contributed by atoms with Crippen LogP contribution in [-0.2, 0) is 4.74 Å². The molecule has 0 saturated carbocycles. The molecule has 4 rings (SSSR count). The van der Waals surface area contributed by atoms with Gasteiger partial charge < -0.3 is 10.2 Å². The van der Waals surface area contributed by atoms with Gasteiger partial charge in [-0.2, -0.15) is 0 Å². The average molecular weight is 312 g/mol. The van der Waals surface area contributed by atoms with Crippen LogP contribution in [0.1, 0.15) is 0 Å². The summed E-state index contributed by atoms with van der Waals surface area (Å²) in [6.07, 6.45) is 1.62. The van der Waals surface area contributed by atoms with Gasteiger partial charge in [0.15, 0.2) is 5.82 Å². The number of benzene rings is 1. The molecular weight excluding hydrogens is 296 g/mol. The number of fused-ring (bicyclic) bond motifs is 1. The van der Waals surface area contributed by atoms with Crippen molar-refractivity contribution in [3.63, 3.8) is 0 Å². The third-order valence-corrected chi connectivity index (χ3v) is 4.62. The quantitative estimate of drug-likeness (QED) is 0.805. The van der Waals surface area contributed by atoms with Gasteiger partial charge in [-0.15, -0.1) is 11.3 Å². The Balaban J connectivity index is 1.76. The van der Waals surface area contributed by atoms with E-state index in [4.69, 9.17) is 4.74 Å². The third-order valence-electron chi connectivity index (χ3n) is 3.73. The number of nitrogens with one attached hydrogen (secondary N) is 1. The molecule has 2 aromatic heterocycles. The maximum atomic E-state index is 5.39. The minimum atomic E-state index is 0.746. The second-order valence-electron chi connectivity index (χ2n) is 5.13. The van der Waals surface area contributed by atoms with Crippen LogP contribution in [0.15, 0.2) is 42.0 Å². The lowest BCUT2D eigenvalue weighted by atomic mass is 10.1. The zero-order valence-electron chi connectivity index (χ0n) is 12.0. The molecule has 0 amide bonds. The van der Waals surface area contributed by atoms with E-state index in [9.17, 15) is 0 Å². The van der Waals surface area contributed by atoms with Gasteiger partial charge in [0.2, 0.25) is 0 Å². The van der Waals surface area contributed by atoms with E-state index in [-0.39, 0.29) is 0 Å². The second-order valence-corrected chi connectivity index (χ2v) is 5.99. The summed E-state index contributed by atoms with van der Waals surface area (Å²) in [7, 11) is 0. The smallest absolute Gasteiger partial charge is 0.153 e. The van der Waals surface area contributed by atoms with Crippen molar-refractivity contribution in [2.75, 3.05) is 31.7 Å². The number of morpholine rings is 1. The molecule has 1 aliphatic rings. The molecule has 1 fully saturated rings. The highest BCUT2D eigenvalue weighted by atomic mass is 32.1. The molecule has 0 atom stereocenters. The maximum Gasteiger partial charge on any atom is 0.153 e. The largest absolute Gasteiger partial charge is 0.379 e. The van der Waals surface area contributed by atoms with Gasteiger partial charge in [0.25, 0.3) is 0 Å². The number of thiophene rings is 1. The van der Waals surface area contributed by atoms with Gasteiger partial charge in [0.1, 0.15) is 11.2 Å². The summed E-state index contributed by atoms with van der Waals surface area (Å²) in [5, 5.41) is 5.39. The van der Waals surface area contributed by atoms with Crippen molar-refractivity contribution in [3.05, 3.63) is 42.0 Å². The highest BCUT2D eigenvalue weighted by Crippen LogP contribution is 2.36. The first kappa shape index (κ1) is 13.6. The molecule has 0 spiro atoms. The van der Waals surface area contributed by atoms with Gasteiger partial charge in [-0.3, -0.25) is 0 Å². The molecular formula is C16H16N4OS. The van der Waals surface area contributed by atoms with Crippen LogP contribution in [0.25, 0.3) is 21.3 Å². The fourth-order valence-corrected chi connectivity index (χ4v) is 3.53. The Kier molecular flexibility index (Phi) is 3.72. The summed E-state index contributed by atoms with van der Waals surface area (Å²) in [4.78, 5) is 9.87. The van der Waals surface area contributed by atoms with E-state index in [1.807, 2.05) is 6.07 Å². The summed E-state index contributed by atoms with van der Waals surface area (Å²) >= 11 is 1.65. The number of hydrazine groups is 1. The molecule has 0 unspecified atom stereocenters. The molecule has 0 aliphatic carbocycles. The van der Waals surface area contributed by atoms with E-state index in [2.05, 4.69) is 50.0 Å².